The molecule has 3 heteroatoms. The predicted molar refractivity (Wildman–Crippen MR) is 67.0 cm³/mol. The molecular formula is C13H24N2O. The molecule has 0 spiro atoms. The Morgan fingerprint density at radius 1 is 1.31 bits per heavy atom. The smallest absolute Gasteiger partial charge is 0.122 e. The van der Waals surface area contributed by atoms with Crippen LogP contribution in [0.3, 0.4) is 0 Å². The van der Waals surface area contributed by atoms with Gasteiger partial charge < -0.3 is 10.2 Å². The third-order valence-corrected chi connectivity index (χ3v) is 2.73. The maximum atomic E-state index is 5.67. The molecule has 0 saturated heterocycles. The largest absolute Gasteiger partial charge is 0.468 e. The molecule has 2 N–H and O–H groups in total. The van der Waals surface area contributed by atoms with Crippen LogP contribution < -0.4 is 5.73 Å². The van der Waals surface area contributed by atoms with Crippen LogP contribution in [0.2, 0.25) is 0 Å². The van der Waals surface area contributed by atoms with Gasteiger partial charge in [-0.05, 0) is 25.8 Å². The molecule has 0 aliphatic carbocycles. The van der Waals surface area contributed by atoms with Crippen molar-refractivity contribution in [1.82, 2.24) is 4.90 Å². The van der Waals surface area contributed by atoms with Crippen LogP contribution in [0.25, 0.3) is 0 Å². The van der Waals surface area contributed by atoms with Crippen molar-refractivity contribution in [3.8, 4) is 0 Å². The first-order valence-corrected chi connectivity index (χ1v) is 6.04. The molecule has 0 aliphatic heterocycles. The van der Waals surface area contributed by atoms with E-state index in [9.17, 15) is 0 Å². The fraction of sp³-hybridized carbons (Fsp3) is 0.692. The van der Waals surface area contributed by atoms with E-state index in [2.05, 4.69) is 32.6 Å². The van der Waals surface area contributed by atoms with Crippen LogP contribution in [0.5, 0.6) is 0 Å². The maximum absolute atomic E-state index is 5.67. The number of hydrogen-bond donors (Lipinski definition) is 1. The number of rotatable bonds is 6. The van der Waals surface area contributed by atoms with Crippen LogP contribution in [0.15, 0.2) is 16.7 Å². The summed E-state index contributed by atoms with van der Waals surface area (Å²) in [5.41, 5.74) is 6.79. The summed E-state index contributed by atoms with van der Waals surface area (Å²) >= 11 is 0. The highest BCUT2D eigenvalue weighted by molar-refractivity contribution is 5.16. The molecule has 3 nitrogen and oxygen atoms in total. The molecule has 1 heterocycles. The van der Waals surface area contributed by atoms with Crippen LogP contribution in [-0.4, -0.2) is 17.5 Å². The zero-order valence-corrected chi connectivity index (χ0v) is 10.9. The fourth-order valence-corrected chi connectivity index (χ4v) is 1.80. The Morgan fingerprint density at radius 3 is 2.50 bits per heavy atom. The Bertz CT molecular complexity index is 305. The fourth-order valence-electron chi connectivity index (χ4n) is 1.80. The highest BCUT2D eigenvalue weighted by Crippen LogP contribution is 2.15. The van der Waals surface area contributed by atoms with E-state index in [0.717, 1.165) is 24.4 Å². The van der Waals surface area contributed by atoms with Gasteiger partial charge in [0.2, 0.25) is 0 Å². The van der Waals surface area contributed by atoms with E-state index >= 15 is 0 Å². The van der Waals surface area contributed by atoms with Crippen molar-refractivity contribution in [3.05, 3.63) is 23.7 Å². The molecule has 1 aromatic heterocycles. The molecule has 1 rings (SSSR count). The lowest BCUT2D eigenvalue weighted by Gasteiger charge is -2.27. The van der Waals surface area contributed by atoms with Crippen LogP contribution in [0.1, 0.15) is 39.0 Å². The Morgan fingerprint density at radius 2 is 2.00 bits per heavy atom. The zero-order chi connectivity index (χ0) is 12.1. The molecule has 0 saturated carbocycles. The Labute approximate surface area is 98.6 Å². The minimum absolute atomic E-state index is 0.526. The molecule has 1 aromatic rings. The quantitative estimate of drug-likeness (QED) is 0.807. The molecule has 0 fully saturated rings. The SMILES string of the molecule is CC(C)CN(Cc1occc1CN)C(C)C. The molecule has 16 heavy (non-hydrogen) atoms. The second-order valence-corrected chi connectivity index (χ2v) is 4.99. The van der Waals surface area contributed by atoms with Gasteiger partial charge in [-0.15, -0.1) is 0 Å². The Balaban J connectivity index is 2.67. The minimum Gasteiger partial charge on any atom is -0.468 e. The van der Waals surface area contributed by atoms with Crippen LogP contribution in [0.4, 0.5) is 0 Å². The van der Waals surface area contributed by atoms with E-state index in [1.807, 2.05) is 6.07 Å². The monoisotopic (exact) mass is 224 g/mol. The van der Waals surface area contributed by atoms with Gasteiger partial charge in [-0.2, -0.15) is 0 Å². The Kier molecular flexibility index (Phi) is 5.03. The van der Waals surface area contributed by atoms with Crippen molar-refractivity contribution in [2.45, 2.75) is 46.8 Å². The van der Waals surface area contributed by atoms with Crippen LogP contribution >= 0.6 is 0 Å². The van der Waals surface area contributed by atoms with Gasteiger partial charge >= 0.3 is 0 Å². The lowest BCUT2D eigenvalue weighted by atomic mass is 10.1. The third kappa shape index (κ3) is 3.65. The van der Waals surface area contributed by atoms with E-state index in [1.54, 1.807) is 6.26 Å². The molecule has 0 amide bonds. The molecule has 92 valence electrons. The lowest BCUT2D eigenvalue weighted by Crippen LogP contribution is -2.33. The molecule has 0 aromatic carbocycles. The van der Waals surface area contributed by atoms with Crippen molar-refractivity contribution in [2.24, 2.45) is 11.7 Å². The van der Waals surface area contributed by atoms with Gasteiger partial charge in [0.05, 0.1) is 12.8 Å². The first-order valence-electron chi connectivity index (χ1n) is 6.04. The summed E-state index contributed by atoms with van der Waals surface area (Å²) in [6.07, 6.45) is 1.73. The van der Waals surface area contributed by atoms with E-state index in [-0.39, 0.29) is 0 Å². The van der Waals surface area contributed by atoms with Gasteiger partial charge in [0, 0.05) is 24.7 Å². The van der Waals surface area contributed by atoms with Crippen molar-refractivity contribution in [2.75, 3.05) is 6.54 Å². The summed E-state index contributed by atoms with van der Waals surface area (Å²) < 4.78 is 5.50. The number of nitrogens with zero attached hydrogens (tertiary/aromatic N) is 1. The topological polar surface area (TPSA) is 42.4 Å². The third-order valence-electron chi connectivity index (χ3n) is 2.73. The summed E-state index contributed by atoms with van der Waals surface area (Å²) in [5, 5.41) is 0. The molecular weight excluding hydrogens is 200 g/mol. The van der Waals surface area contributed by atoms with Gasteiger partial charge in [-0.1, -0.05) is 13.8 Å². The van der Waals surface area contributed by atoms with E-state index < -0.39 is 0 Å². The number of hydrogen-bond acceptors (Lipinski definition) is 3. The normalized spacial score (nSPS) is 12.0. The summed E-state index contributed by atoms with van der Waals surface area (Å²) in [6.45, 7) is 11.4. The molecule has 0 atom stereocenters. The van der Waals surface area contributed by atoms with Crippen molar-refractivity contribution >= 4 is 0 Å². The minimum atomic E-state index is 0.526. The van der Waals surface area contributed by atoms with E-state index in [1.165, 1.54) is 0 Å². The highest BCUT2D eigenvalue weighted by Gasteiger charge is 2.15. The standard InChI is InChI=1S/C13H24N2O/c1-10(2)8-15(11(3)4)9-13-12(7-14)5-6-16-13/h5-6,10-11H,7-9,14H2,1-4H3. The highest BCUT2D eigenvalue weighted by atomic mass is 16.3. The predicted octanol–water partition coefficient (Wildman–Crippen LogP) is 2.60. The zero-order valence-electron chi connectivity index (χ0n) is 10.9. The van der Waals surface area contributed by atoms with Crippen LogP contribution in [-0.2, 0) is 13.1 Å². The first-order chi connectivity index (χ1) is 7.54. The number of nitrogens with two attached hydrogens (primary N) is 1. The second kappa shape index (κ2) is 6.06. The van der Waals surface area contributed by atoms with Crippen molar-refractivity contribution in [1.29, 1.82) is 0 Å². The summed E-state index contributed by atoms with van der Waals surface area (Å²) in [7, 11) is 0. The van der Waals surface area contributed by atoms with Crippen LogP contribution in [0, 0.1) is 5.92 Å². The number of furan rings is 1. The molecule has 0 radical (unpaired) electrons. The van der Waals surface area contributed by atoms with Gasteiger partial charge in [-0.3, -0.25) is 4.90 Å². The van der Waals surface area contributed by atoms with Gasteiger partial charge in [0.1, 0.15) is 5.76 Å². The van der Waals surface area contributed by atoms with Gasteiger partial charge in [-0.25, -0.2) is 0 Å². The van der Waals surface area contributed by atoms with Crippen molar-refractivity contribution in [3.63, 3.8) is 0 Å². The van der Waals surface area contributed by atoms with Gasteiger partial charge in [0.15, 0.2) is 0 Å². The molecule has 0 aliphatic rings. The van der Waals surface area contributed by atoms with E-state index in [4.69, 9.17) is 10.2 Å². The summed E-state index contributed by atoms with van der Waals surface area (Å²) in [5.74, 6) is 1.68. The maximum Gasteiger partial charge on any atom is 0.122 e. The summed E-state index contributed by atoms with van der Waals surface area (Å²) in [6, 6.07) is 2.49. The second-order valence-electron chi connectivity index (χ2n) is 4.99. The molecule has 0 unspecified atom stereocenters. The Hall–Kier alpha value is -0.800. The average Bonchev–Trinajstić information content (AvgIpc) is 2.63. The van der Waals surface area contributed by atoms with E-state index in [0.29, 0.717) is 18.5 Å². The average molecular weight is 224 g/mol. The van der Waals surface area contributed by atoms with Crippen molar-refractivity contribution < 1.29 is 4.42 Å². The van der Waals surface area contributed by atoms with Gasteiger partial charge in [0.25, 0.3) is 0 Å². The summed E-state index contributed by atoms with van der Waals surface area (Å²) in [4.78, 5) is 2.42. The molecule has 0 bridgehead atoms. The lowest BCUT2D eigenvalue weighted by molar-refractivity contribution is 0.174. The first kappa shape index (κ1) is 13.3.